The fourth-order valence-corrected chi connectivity index (χ4v) is 0.928. The van der Waals surface area contributed by atoms with Crippen molar-refractivity contribution in [3.63, 3.8) is 0 Å². The maximum absolute atomic E-state index is 13.0. The van der Waals surface area contributed by atoms with E-state index in [1.54, 1.807) is 6.92 Å². The molecule has 0 aliphatic carbocycles. The van der Waals surface area contributed by atoms with Gasteiger partial charge in [0.1, 0.15) is 0 Å². The van der Waals surface area contributed by atoms with Gasteiger partial charge in [0, 0.05) is 6.07 Å². The lowest BCUT2D eigenvalue weighted by atomic mass is 10.3. The van der Waals surface area contributed by atoms with Crippen LogP contribution in [0.2, 0.25) is 0 Å². The molecular formula is C8H8FNO3. The van der Waals surface area contributed by atoms with Crippen LogP contribution in [0.5, 0.6) is 5.75 Å². The summed E-state index contributed by atoms with van der Waals surface area (Å²) in [5.74, 6) is -1.01. The molecule has 0 aliphatic heterocycles. The van der Waals surface area contributed by atoms with Crippen molar-refractivity contribution in [2.45, 2.75) is 6.92 Å². The fraction of sp³-hybridized carbons (Fsp3) is 0.250. The summed E-state index contributed by atoms with van der Waals surface area (Å²) in [6, 6.07) is 3.60. The summed E-state index contributed by atoms with van der Waals surface area (Å²) < 4.78 is 17.8. The van der Waals surface area contributed by atoms with E-state index >= 15 is 0 Å². The molecule has 0 amide bonds. The highest BCUT2D eigenvalue weighted by atomic mass is 19.1. The van der Waals surface area contributed by atoms with E-state index in [9.17, 15) is 14.5 Å². The number of para-hydroxylation sites is 1. The number of ether oxygens (including phenoxy) is 1. The number of rotatable bonds is 3. The molecular weight excluding hydrogens is 177 g/mol. The number of nitro groups is 1. The number of hydrogen-bond donors (Lipinski definition) is 0. The Labute approximate surface area is 74.1 Å². The highest BCUT2D eigenvalue weighted by molar-refractivity contribution is 5.46. The first-order chi connectivity index (χ1) is 6.16. The molecule has 0 aromatic heterocycles. The summed E-state index contributed by atoms with van der Waals surface area (Å²) in [5.41, 5.74) is -0.346. The van der Waals surface area contributed by atoms with Gasteiger partial charge in [0.25, 0.3) is 0 Å². The smallest absolute Gasteiger partial charge is 0.314 e. The average Bonchev–Trinajstić information content (AvgIpc) is 2.08. The van der Waals surface area contributed by atoms with E-state index in [0.29, 0.717) is 0 Å². The lowest BCUT2D eigenvalue weighted by Gasteiger charge is -2.03. The van der Waals surface area contributed by atoms with Gasteiger partial charge in [0.15, 0.2) is 5.82 Å². The molecule has 0 N–H and O–H groups in total. The third kappa shape index (κ3) is 1.93. The van der Waals surface area contributed by atoms with Crippen LogP contribution >= 0.6 is 0 Å². The Bertz CT molecular complexity index is 327. The molecule has 0 fully saturated rings. The molecule has 5 heteroatoms. The van der Waals surface area contributed by atoms with Crippen LogP contribution in [0.3, 0.4) is 0 Å². The van der Waals surface area contributed by atoms with Gasteiger partial charge in [-0.15, -0.1) is 0 Å². The van der Waals surface area contributed by atoms with Crippen LogP contribution in [0.1, 0.15) is 6.92 Å². The molecule has 1 aromatic carbocycles. The van der Waals surface area contributed by atoms with Gasteiger partial charge < -0.3 is 4.74 Å². The van der Waals surface area contributed by atoms with Crippen molar-refractivity contribution in [1.82, 2.24) is 0 Å². The number of halogens is 1. The predicted molar refractivity (Wildman–Crippen MR) is 44.2 cm³/mol. The summed E-state index contributed by atoms with van der Waals surface area (Å²) >= 11 is 0. The van der Waals surface area contributed by atoms with E-state index in [0.717, 1.165) is 6.07 Å². The molecule has 1 rings (SSSR count). The van der Waals surface area contributed by atoms with Gasteiger partial charge in [-0.25, -0.2) is 4.39 Å². The van der Waals surface area contributed by atoms with Crippen LogP contribution in [-0.2, 0) is 0 Å². The first-order valence-corrected chi connectivity index (χ1v) is 3.72. The standard InChI is InChI=1S/C8H8FNO3/c1-2-13-8-6(9)4-3-5-7(8)10(11)12/h3-5H,2H2,1H3. The summed E-state index contributed by atoms with van der Waals surface area (Å²) in [5, 5.41) is 10.4. The number of benzene rings is 1. The monoisotopic (exact) mass is 185 g/mol. The fourth-order valence-electron chi connectivity index (χ4n) is 0.928. The molecule has 0 aliphatic rings. The quantitative estimate of drug-likeness (QED) is 0.535. The van der Waals surface area contributed by atoms with E-state index < -0.39 is 10.7 Å². The predicted octanol–water partition coefficient (Wildman–Crippen LogP) is 2.13. The normalized spacial score (nSPS) is 9.69. The molecule has 0 bridgehead atoms. The van der Waals surface area contributed by atoms with Gasteiger partial charge in [-0.3, -0.25) is 10.1 Å². The van der Waals surface area contributed by atoms with Crippen LogP contribution in [0.25, 0.3) is 0 Å². The van der Waals surface area contributed by atoms with Crippen molar-refractivity contribution in [2.75, 3.05) is 6.61 Å². The molecule has 4 nitrogen and oxygen atoms in total. The van der Waals surface area contributed by atoms with Gasteiger partial charge in [-0.1, -0.05) is 6.07 Å². The molecule has 70 valence electrons. The zero-order valence-electron chi connectivity index (χ0n) is 6.99. The van der Waals surface area contributed by atoms with Crippen LogP contribution in [0.15, 0.2) is 18.2 Å². The first kappa shape index (κ1) is 9.44. The molecule has 1 aromatic rings. The highest BCUT2D eigenvalue weighted by Gasteiger charge is 2.18. The summed E-state index contributed by atoms with van der Waals surface area (Å²) in [6.45, 7) is 1.83. The maximum atomic E-state index is 13.0. The van der Waals surface area contributed by atoms with Crippen molar-refractivity contribution in [3.05, 3.63) is 34.1 Å². The number of nitro benzene ring substituents is 1. The molecule has 13 heavy (non-hydrogen) atoms. The zero-order chi connectivity index (χ0) is 9.84. The molecule has 0 saturated carbocycles. The Morgan fingerprint density at radius 1 is 1.62 bits per heavy atom. The highest BCUT2D eigenvalue weighted by Crippen LogP contribution is 2.29. The third-order valence-corrected chi connectivity index (χ3v) is 1.43. The van der Waals surface area contributed by atoms with E-state index in [1.165, 1.54) is 12.1 Å². The van der Waals surface area contributed by atoms with Crippen molar-refractivity contribution >= 4 is 5.69 Å². The van der Waals surface area contributed by atoms with Crippen molar-refractivity contribution < 1.29 is 14.1 Å². The Morgan fingerprint density at radius 2 is 2.31 bits per heavy atom. The second-order valence-electron chi connectivity index (χ2n) is 2.28. The second kappa shape index (κ2) is 3.84. The molecule has 0 unspecified atom stereocenters. The van der Waals surface area contributed by atoms with Crippen LogP contribution in [0, 0.1) is 15.9 Å². The second-order valence-corrected chi connectivity index (χ2v) is 2.28. The molecule has 0 saturated heterocycles. The summed E-state index contributed by atoms with van der Waals surface area (Å²) in [4.78, 5) is 9.74. The summed E-state index contributed by atoms with van der Waals surface area (Å²) in [7, 11) is 0. The van der Waals surface area contributed by atoms with Crippen LogP contribution in [-0.4, -0.2) is 11.5 Å². The minimum Gasteiger partial charge on any atom is -0.485 e. The molecule has 0 heterocycles. The first-order valence-electron chi connectivity index (χ1n) is 3.72. The van der Waals surface area contributed by atoms with Crippen LogP contribution < -0.4 is 4.74 Å². The molecule has 0 radical (unpaired) electrons. The Balaban J connectivity index is 3.17. The lowest BCUT2D eigenvalue weighted by molar-refractivity contribution is -0.386. The minimum absolute atomic E-state index is 0.196. The van der Waals surface area contributed by atoms with E-state index in [4.69, 9.17) is 4.74 Å². The Hall–Kier alpha value is -1.65. The van der Waals surface area contributed by atoms with E-state index in [2.05, 4.69) is 0 Å². The largest absolute Gasteiger partial charge is 0.485 e. The third-order valence-electron chi connectivity index (χ3n) is 1.43. The molecule has 0 atom stereocenters. The zero-order valence-corrected chi connectivity index (χ0v) is 6.99. The van der Waals surface area contributed by atoms with E-state index in [1.807, 2.05) is 0 Å². The van der Waals surface area contributed by atoms with Crippen molar-refractivity contribution in [3.8, 4) is 5.75 Å². The maximum Gasteiger partial charge on any atom is 0.314 e. The summed E-state index contributed by atoms with van der Waals surface area (Å²) in [6.07, 6.45) is 0. The minimum atomic E-state index is -0.712. The lowest BCUT2D eigenvalue weighted by Crippen LogP contribution is -1.99. The Kier molecular flexibility index (Phi) is 2.79. The number of nitrogens with zero attached hydrogens (tertiary/aromatic N) is 1. The van der Waals surface area contributed by atoms with Gasteiger partial charge in [0.2, 0.25) is 5.75 Å². The SMILES string of the molecule is CCOc1c(F)cccc1[N+](=O)[O-]. The van der Waals surface area contributed by atoms with Crippen molar-refractivity contribution in [1.29, 1.82) is 0 Å². The Morgan fingerprint density at radius 3 is 2.85 bits per heavy atom. The van der Waals surface area contributed by atoms with Gasteiger partial charge in [-0.2, -0.15) is 0 Å². The number of hydrogen-bond acceptors (Lipinski definition) is 3. The van der Waals surface area contributed by atoms with Crippen LogP contribution in [0.4, 0.5) is 10.1 Å². The van der Waals surface area contributed by atoms with Gasteiger partial charge in [-0.05, 0) is 13.0 Å². The topological polar surface area (TPSA) is 52.4 Å². The average molecular weight is 185 g/mol. The molecule has 0 spiro atoms. The van der Waals surface area contributed by atoms with Gasteiger partial charge in [0.05, 0.1) is 11.5 Å². The van der Waals surface area contributed by atoms with Gasteiger partial charge >= 0.3 is 5.69 Å². The van der Waals surface area contributed by atoms with E-state index in [-0.39, 0.29) is 18.0 Å². The van der Waals surface area contributed by atoms with Crippen molar-refractivity contribution in [2.24, 2.45) is 0 Å².